The number of rotatable bonds is 2. The van der Waals surface area contributed by atoms with E-state index >= 15 is 0 Å². The van der Waals surface area contributed by atoms with Crippen LogP contribution in [-0.4, -0.2) is 21.2 Å². The highest BCUT2D eigenvalue weighted by Gasteiger charge is 2.23. The van der Waals surface area contributed by atoms with Crippen molar-refractivity contribution in [1.82, 2.24) is 15.0 Å². The van der Waals surface area contributed by atoms with Gasteiger partial charge in [0.05, 0.1) is 16.7 Å². The van der Waals surface area contributed by atoms with Gasteiger partial charge in [0.2, 0.25) is 5.91 Å². The van der Waals surface area contributed by atoms with Crippen LogP contribution in [0.1, 0.15) is 62.9 Å². The van der Waals surface area contributed by atoms with Gasteiger partial charge in [0.25, 0.3) is 0 Å². The van der Waals surface area contributed by atoms with Crippen LogP contribution >= 0.6 is 0 Å². The van der Waals surface area contributed by atoms with Crippen LogP contribution in [0.3, 0.4) is 0 Å². The minimum atomic E-state index is -0.00949. The normalized spacial score (nSPS) is 22.5. The first-order chi connectivity index (χ1) is 11.6. The van der Waals surface area contributed by atoms with E-state index in [1.165, 1.54) is 37.6 Å². The van der Waals surface area contributed by atoms with Crippen molar-refractivity contribution in [2.45, 2.75) is 58.4 Å². The van der Waals surface area contributed by atoms with E-state index in [9.17, 15) is 4.79 Å². The maximum Gasteiger partial charge on any atom is 0.240 e. The van der Waals surface area contributed by atoms with Crippen molar-refractivity contribution in [3.63, 3.8) is 0 Å². The molecule has 1 aromatic carbocycles. The van der Waals surface area contributed by atoms with Gasteiger partial charge >= 0.3 is 0 Å². The summed E-state index contributed by atoms with van der Waals surface area (Å²) < 4.78 is 2.42. The second-order valence-electron chi connectivity index (χ2n) is 7.16. The molecular weight excluding hydrogens is 300 g/mol. The molecule has 4 rings (SSSR count). The number of hydrazone groups is 1. The molecule has 2 aliphatic rings. The highest BCUT2D eigenvalue weighted by molar-refractivity contribution is 6.07. The van der Waals surface area contributed by atoms with Crippen LogP contribution in [0.5, 0.6) is 0 Å². The summed E-state index contributed by atoms with van der Waals surface area (Å²) in [6.45, 7) is 4.16. The second kappa shape index (κ2) is 6.04. The molecule has 1 aliphatic heterocycles. The van der Waals surface area contributed by atoms with Crippen molar-refractivity contribution in [2.75, 3.05) is 0 Å². The fraction of sp³-hybridized carbons (Fsp3) is 0.526. The third kappa shape index (κ3) is 2.62. The monoisotopic (exact) mass is 324 g/mol. The number of aryl methyl sites for hydroxylation is 1. The lowest BCUT2D eigenvalue weighted by Crippen LogP contribution is -2.31. The van der Waals surface area contributed by atoms with E-state index in [2.05, 4.69) is 40.2 Å². The van der Waals surface area contributed by atoms with E-state index in [1.54, 1.807) is 0 Å². The predicted molar refractivity (Wildman–Crippen MR) is 95.1 cm³/mol. The molecule has 0 saturated heterocycles. The molecule has 5 heteroatoms. The fourth-order valence-corrected chi connectivity index (χ4v) is 4.18. The Morgan fingerprint density at radius 1 is 1.21 bits per heavy atom. The van der Waals surface area contributed by atoms with Gasteiger partial charge in [0, 0.05) is 23.9 Å². The number of fused-ring (bicyclic) bond motifs is 1. The average Bonchev–Trinajstić information content (AvgIpc) is 2.90. The van der Waals surface area contributed by atoms with E-state index in [4.69, 9.17) is 4.98 Å². The fourth-order valence-electron chi connectivity index (χ4n) is 4.18. The third-order valence-corrected chi connectivity index (χ3v) is 5.36. The summed E-state index contributed by atoms with van der Waals surface area (Å²) in [5.41, 5.74) is 6.85. The van der Waals surface area contributed by atoms with E-state index in [0.29, 0.717) is 12.5 Å². The van der Waals surface area contributed by atoms with Gasteiger partial charge in [-0.3, -0.25) is 4.79 Å². The van der Waals surface area contributed by atoms with Crippen molar-refractivity contribution in [1.29, 1.82) is 0 Å². The summed E-state index contributed by atoms with van der Waals surface area (Å²) in [5, 5.41) is 4.27. The number of carbonyl (C=O) groups is 1. The summed E-state index contributed by atoms with van der Waals surface area (Å²) in [6.07, 6.45) is 6.99. The van der Waals surface area contributed by atoms with Crippen LogP contribution in [0, 0.1) is 12.8 Å². The topological polar surface area (TPSA) is 59.3 Å². The summed E-state index contributed by atoms with van der Waals surface area (Å²) in [7, 11) is 0. The molecule has 5 nitrogen and oxygen atoms in total. The van der Waals surface area contributed by atoms with E-state index in [-0.39, 0.29) is 11.8 Å². The van der Waals surface area contributed by atoms with Gasteiger partial charge in [-0.25, -0.2) is 10.4 Å². The standard InChI is InChI=1S/C19H24N4O/c1-12-10-18(24)21-22-19(12)14-8-9-17-16(11-14)20-13(2)23(17)15-6-4-3-5-7-15/h8-9,11-12,15H,3-7,10H2,1-2H3,(H,21,24). The summed E-state index contributed by atoms with van der Waals surface area (Å²) in [4.78, 5) is 16.3. The van der Waals surface area contributed by atoms with E-state index in [1.807, 2.05) is 6.92 Å². The van der Waals surface area contributed by atoms with Crippen LogP contribution in [0.25, 0.3) is 11.0 Å². The van der Waals surface area contributed by atoms with Gasteiger partial charge in [0.1, 0.15) is 5.82 Å². The molecule has 1 amide bonds. The molecule has 1 N–H and O–H groups in total. The molecule has 126 valence electrons. The Kier molecular flexibility index (Phi) is 3.87. The predicted octanol–water partition coefficient (Wildman–Crippen LogP) is 3.71. The van der Waals surface area contributed by atoms with Crippen molar-refractivity contribution in [2.24, 2.45) is 11.0 Å². The minimum Gasteiger partial charge on any atom is -0.325 e. The van der Waals surface area contributed by atoms with Crippen molar-refractivity contribution < 1.29 is 4.79 Å². The molecule has 0 spiro atoms. The molecule has 1 fully saturated rings. The molecule has 2 aromatic rings. The lowest BCUT2D eigenvalue weighted by atomic mass is 9.93. The molecule has 0 radical (unpaired) electrons. The number of hydrogen-bond donors (Lipinski definition) is 1. The van der Waals surface area contributed by atoms with E-state index in [0.717, 1.165) is 22.6 Å². The first kappa shape index (κ1) is 15.4. The van der Waals surface area contributed by atoms with Crippen LogP contribution < -0.4 is 5.43 Å². The van der Waals surface area contributed by atoms with Gasteiger partial charge in [-0.15, -0.1) is 0 Å². The molecule has 0 bridgehead atoms. The Morgan fingerprint density at radius 3 is 2.75 bits per heavy atom. The Hall–Kier alpha value is -2.17. The van der Waals surface area contributed by atoms with Gasteiger partial charge < -0.3 is 4.57 Å². The number of benzene rings is 1. The van der Waals surface area contributed by atoms with Crippen molar-refractivity contribution in [3.8, 4) is 0 Å². The van der Waals surface area contributed by atoms with Crippen LogP contribution in [0.15, 0.2) is 23.3 Å². The maximum absolute atomic E-state index is 11.5. The maximum atomic E-state index is 11.5. The van der Waals surface area contributed by atoms with Crippen LogP contribution in [-0.2, 0) is 4.79 Å². The van der Waals surface area contributed by atoms with Crippen LogP contribution in [0.4, 0.5) is 0 Å². The molecule has 24 heavy (non-hydrogen) atoms. The smallest absolute Gasteiger partial charge is 0.240 e. The SMILES string of the molecule is Cc1nc2cc(C3=NNC(=O)CC3C)ccc2n1C1CCCCC1. The van der Waals surface area contributed by atoms with Gasteiger partial charge in [-0.05, 0) is 31.9 Å². The zero-order chi connectivity index (χ0) is 16.7. The van der Waals surface area contributed by atoms with Crippen LogP contribution in [0.2, 0.25) is 0 Å². The molecule has 2 heterocycles. The first-order valence-corrected chi connectivity index (χ1v) is 8.99. The number of amides is 1. The first-order valence-electron chi connectivity index (χ1n) is 8.99. The quantitative estimate of drug-likeness (QED) is 0.915. The number of nitrogens with zero attached hydrogens (tertiary/aromatic N) is 3. The number of carbonyl (C=O) groups excluding carboxylic acids is 1. The molecule has 1 unspecified atom stereocenters. The Balaban J connectivity index is 1.73. The molecule has 1 atom stereocenters. The van der Waals surface area contributed by atoms with Gasteiger partial charge in [0.15, 0.2) is 0 Å². The highest BCUT2D eigenvalue weighted by Crippen LogP contribution is 2.33. The lowest BCUT2D eigenvalue weighted by molar-refractivity contribution is -0.121. The molecular formula is C19H24N4O. The number of imidazole rings is 1. The molecule has 1 aromatic heterocycles. The molecule has 1 aliphatic carbocycles. The average molecular weight is 324 g/mol. The number of hydrogen-bond acceptors (Lipinski definition) is 3. The van der Waals surface area contributed by atoms with Crippen molar-refractivity contribution in [3.05, 3.63) is 29.6 Å². The van der Waals surface area contributed by atoms with E-state index < -0.39 is 0 Å². The Labute approximate surface area is 142 Å². The summed E-state index contributed by atoms with van der Waals surface area (Å²) in [5.74, 6) is 1.23. The van der Waals surface area contributed by atoms with Gasteiger partial charge in [-0.2, -0.15) is 5.10 Å². The zero-order valence-corrected chi connectivity index (χ0v) is 14.4. The highest BCUT2D eigenvalue weighted by atomic mass is 16.2. The lowest BCUT2D eigenvalue weighted by Gasteiger charge is -2.25. The second-order valence-corrected chi connectivity index (χ2v) is 7.16. The number of nitrogens with one attached hydrogen (secondary N) is 1. The third-order valence-electron chi connectivity index (χ3n) is 5.36. The molecule has 1 saturated carbocycles. The zero-order valence-electron chi connectivity index (χ0n) is 14.4. The Bertz CT molecular complexity index is 814. The Morgan fingerprint density at radius 2 is 2.00 bits per heavy atom. The largest absolute Gasteiger partial charge is 0.325 e. The summed E-state index contributed by atoms with van der Waals surface area (Å²) in [6, 6.07) is 6.99. The summed E-state index contributed by atoms with van der Waals surface area (Å²) >= 11 is 0. The number of aromatic nitrogens is 2. The van der Waals surface area contributed by atoms with Crippen molar-refractivity contribution >= 4 is 22.7 Å². The van der Waals surface area contributed by atoms with Gasteiger partial charge in [-0.1, -0.05) is 32.3 Å². The minimum absolute atomic E-state index is 0.00949.